The number of esters is 1. The highest BCUT2D eigenvalue weighted by Gasteiger charge is 2.31. The number of likely N-dealkylation sites (tertiary alicyclic amines) is 1. The van der Waals surface area contributed by atoms with Crippen LogP contribution in [0.4, 0.5) is 4.79 Å². The first-order valence-corrected chi connectivity index (χ1v) is 8.50. The molecule has 1 aromatic carbocycles. The monoisotopic (exact) mass is 347 g/mol. The van der Waals surface area contributed by atoms with Crippen LogP contribution in [0.2, 0.25) is 0 Å². The molecule has 7 nitrogen and oxygen atoms in total. The summed E-state index contributed by atoms with van der Waals surface area (Å²) in [4.78, 5) is 37.2. The molecule has 0 spiro atoms. The Morgan fingerprint density at radius 1 is 1.28 bits per heavy atom. The molecular formula is C18H25N3O4. The first-order valence-electron chi connectivity index (χ1n) is 8.50. The summed E-state index contributed by atoms with van der Waals surface area (Å²) in [6, 6.07) is 6.55. The van der Waals surface area contributed by atoms with Gasteiger partial charge in [0.1, 0.15) is 0 Å². The molecule has 2 rings (SSSR count). The van der Waals surface area contributed by atoms with Gasteiger partial charge in [-0.15, -0.1) is 0 Å². The summed E-state index contributed by atoms with van der Waals surface area (Å²) in [7, 11) is 0. The summed E-state index contributed by atoms with van der Waals surface area (Å²) in [5, 5.41) is 5.59. The van der Waals surface area contributed by atoms with Gasteiger partial charge in [0.25, 0.3) is 0 Å². The van der Waals surface area contributed by atoms with E-state index in [-0.39, 0.29) is 30.0 Å². The number of nitrogens with zero attached hydrogens (tertiary/aromatic N) is 1. The molecular weight excluding hydrogens is 322 g/mol. The number of amides is 3. The molecule has 1 heterocycles. The van der Waals surface area contributed by atoms with Crippen LogP contribution in [0.1, 0.15) is 43.1 Å². The number of benzene rings is 1. The van der Waals surface area contributed by atoms with Gasteiger partial charge in [-0.3, -0.25) is 4.79 Å². The van der Waals surface area contributed by atoms with E-state index in [0.29, 0.717) is 31.7 Å². The quantitative estimate of drug-likeness (QED) is 0.766. The van der Waals surface area contributed by atoms with Crippen molar-refractivity contribution in [2.45, 2.75) is 45.8 Å². The molecule has 1 aliphatic rings. The molecule has 1 atom stereocenters. The maximum atomic E-state index is 12.0. The van der Waals surface area contributed by atoms with E-state index < -0.39 is 0 Å². The van der Waals surface area contributed by atoms with E-state index in [1.54, 1.807) is 36.1 Å². The molecule has 1 fully saturated rings. The van der Waals surface area contributed by atoms with Crippen LogP contribution in [0.15, 0.2) is 24.3 Å². The van der Waals surface area contributed by atoms with Crippen LogP contribution in [0.5, 0.6) is 0 Å². The minimum atomic E-state index is -0.361. The molecule has 1 aromatic rings. The Hall–Kier alpha value is -2.57. The van der Waals surface area contributed by atoms with Gasteiger partial charge in [-0.2, -0.15) is 0 Å². The van der Waals surface area contributed by atoms with Crippen molar-refractivity contribution in [1.29, 1.82) is 0 Å². The molecule has 136 valence electrons. The molecule has 2 N–H and O–H groups in total. The lowest BCUT2D eigenvalue weighted by Crippen LogP contribution is -2.43. The fourth-order valence-corrected chi connectivity index (χ4v) is 2.72. The van der Waals surface area contributed by atoms with E-state index in [4.69, 9.17) is 4.74 Å². The lowest BCUT2D eigenvalue weighted by atomic mass is 10.1. The predicted octanol–water partition coefficient (Wildman–Crippen LogP) is 1.67. The van der Waals surface area contributed by atoms with Crippen LogP contribution >= 0.6 is 0 Å². The third kappa shape index (κ3) is 5.20. The minimum absolute atomic E-state index is 0.0647. The van der Waals surface area contributed by atoms with Gasteiger partial charge in [-0.25, -0.2) is 9.59 Å². The molecule has 1 aliphatic heterocycles. The number of rotatable bonds is 6. The molecule has 0 saturated carbocycles. The highest BCUT2D eigenvalue weighted by Crippen LogP contribution is 2.14. The van der Waals surface area contributed by atoms with E-state index in [1.165, 1.54) is 0 Å². The summed E-state index contributed by atoms with van der Waals surface area (Å²) in [5.74, 6) is -0.296. The standard InChI is InChI=1S/C18H25N3O4/c1-4-25-17(23)14-7-5-13(6-8-14)10-19-18(24)20-15-9-16(22)21(11-15)12(2)3/h5-8,12,15H,4,9-11H2,1-3H3,(H2,19,20,24). The van der Waals surface area contributed by atoms with E-state index in [1.807, 2.05) is 13.8 Å². The van der Waals surface area contributed by atoms with Gasteiger partial charge < -0.3 is 20.3 Å². The predicted molar refractivity (Wildman–Crippen MR) is 93.0 cm³/mol. The lowest BCUT2D eigenvalue weighted by molar-refractivity contribution is -0.129. The van der Waals surface area contributed by atoms with Crippen LogP contribution < -0.4 is 10.6 Å². The van der Waals surface area contributed by atoms with Crippen molar-refractivity contribution in [3.05, 3.63) is 35.4 Å². The molecule has 7 heteroatoms. The van der Waals surface area contributed by atoms with E-state index in [9.17, 15) is 14.4 Å². The average Bonchev–Trinajstić information content (AvgIpc) is 2.94. The van der Waals surface area contributed by atoms with Crippen molar-refractivity contribution in [1.82, 2.24) is 15.5 Å². The zero-order valence-electron chi connectivity index (χ0n) is 14.9. The van der Waals surface area contributed by atoms with E-state index >= 15 is 0 Å². The number of urea groups is 1. The summed E-state index contributed by atoms with van der Waals surface area (Å²) in [6.07, 6.45) is 0.333. The largest absolute Gasteiger partial charge is 0.462 e. The Morgan fingerprint density at radius 2 is 1.96 bits per heavy atom. The average molecular weight is 347 g/mol. The van der Waals surface area contributed by atoms with Crippen molar-refractivity contribution in [3.63, 3.8) is 0 Å². The summed E-state index contributed by atoms with van der Waals surface area (Å²) in [5.41, 5.74) is 1.35. The number of carbonyl (C=O) groups is 3. The van der Waals surface area contributed by atoms with Gasteiger partial charge in [0.2, 0.25) is 5.91 Å². The first-order chi connectivity index (χ1) is 11.9. The Kier molecular flexibility index (Phi) is 6.38. The summed E-state index contributed by atoms with van der Waals surface area (Å²) >= 11 is 0. The maximum absolute atomic E-state index is 12.0. The highest BCUT2D eigenvalue weighted by molar-refractivity contribution is 5.89. The van der Waals surface area contributed by atoms with Gasteiger partial charge in [-0.05, 0) is 38.5 Å². The third-order valence-corrected chi connectivity index (χ3v) is 4.04. The summed E-state index contributed by atoms with van der Waals surface area (Å²) in [6.45, 7) is 6.88. The molecule has 0 bridgehead atoms. The fourth-order valence-electron chi connectivity index (χ4n) is 2.72. The van der Waals surface area contributed by atoms with Gasteiger partial charge in [0.05, 0.1) is 18.2 Å². The van der Waals surface area contributed by atoms with Crippen LogP contribution in [-0.2, 0) is 16.1 Å². The molecule has 1 saturated heterocycles. The van der Waals surface area contributed by atoms with Gasteiger partial charge >= 0.3 is 12.0 Å². The van der Waals surface area contributed by atoms with Crippen molar-refractivity contribution in [3.8, 4) is 0 Å². The first kappa shape index (κ1) is 18.8. The van der Waals surface area contributed by atoms with Crippen LogP contribution in [0.25, 0.3) is 0 Å². The molecule has 1 unspecified atom stereocenters. The molecule has 0 radical (unpaired) electrons. The highest BCUT2D eigenvalue weighted by atomic mass is 16.5. The SMILES string of the molecule is CCOC(=O)c1ccc(CNC(=O)NC2CC(=O)N(C(C)C)C2)cc1. The van der Waals surface area contributed by atoms with E-state index in [0.717, 1.165) is 5.56 Å². The van der Waals surface area contributed by atoms with E-state index in [2.05, 4.69) is 10.6 Å². The molecule has 0 aliphatic carbocycles. The van der Waals surface area contributed by atoms with Crippen LogP contribution in [-0.4, -0.2) is 48.0 Å². The second-order valence-electron chi connectivity index (χ2n) is 6.29. The Bertz CT molecular complexity index is 628. The fraction of sp³-hybridized carbons (Fsp3) is 0.500. The second-order valence-corrected chi connectivity index (χ2v) is 6.29. The van der Waals surface area contributed by atoms with Crippen molar-refractivity contribution < 1.29 is 19.1 Å². The van der Waals surface area contributed by atoms with Crippen LogP contribution in [0, 0.1) is 0 Å². The van der Waals surface area contributed by atoms with Crippen molar-refractivity contribution in [2.24, 2.45) is 0 Å². The Balaban J connectivity index is 1.78. The maximum Gasteiger partial charge on any atom is 0.338 e. The zero-order chi connectivity index (χ0) is 18.4. The Morgan fingerprint density at radius 3 is 2.52 bits per heavy atom. The number of hydrogen-bond donors (Lipinski definition) is 2. The van der Waals surface area contributed by atoms with Crippen LogP contribution in [0.3, 0.4) is 0 Å². The van der Waals surface area contributed by atoms with Crippen molar-refractivity contribution in [2.75, 3.05) is 13.2 Å². The van der Waals surface area contributed by atoms with Crippen molar-refractivity contribution >= 4 is 17.9 Å². The topological polar surface area (TPSA) is 87.7 Å². The van der Waals surface area contributed by atoms with Gasteiger partial charge in [0.15, 0.2) is 0 Å². The summed E-state index contributed by atoms with van der Waals surface area (Å²) < 4.78 is 4.92. The van der Waals surface area contributed by atoms with Gasteiger partial charge in [-0.1, -0.05) is 12.1 Å². The second kappa shape index (κ2) is 8.50. The number of carbonyl (C=O) groups excluding carboxylic acids is 3. The number of nitrogens with one attached hydrogen (secondary N) is 2. The zero-order valence-corrected chi connectivity index (χ0v) is 14.9. The molecule has 3 amide bonds. The third-order valence-electron chi connectivity index (χ3n) is 4.04. The molecule has 0 aromatic heterocycles. The minimum Gasteiger partial charge on any atom is -0.462 e. The Labute approximate surface area is 147 Å². The lowest BCUT2D eigenvalue weighted by Gasteiger charge is -2.21. The number of ether oxygens (including phenoxy) is 1. The smallest absolute Gasteiger partial charge is 0.338 e. The molecule has 25 heavy (non-hydrogen) atoms. The normalized spacial score (nSPS) is 16.9. The van der Waals surface area contributed by atoms with Gasteiger partial charge in [0, 0.05) is 25.6 Å². The number of hydrogen-bond acceptors (Lipinski definition) is 4.